The smallest absolute Gasteiger partial charge is 0.329 e. The van der Waals surface area contributed by atoms with Crippen molar-refractivity contribution in [2.75, 3.05) is 26.3 Å². The highest BCUT2D eigenvalue weighted by Crippen LogP contribution is 2.32. The molecule has 6 heteroatoms. The zero-order chi connectivity index (χ0) is 15.9. The van der Waals surface area contributed by atoms with Crippen LogP contribution in [0.1, 0.15) is 46.5 Å². The van der Waals surface area contributed by atoms with E-state index in [1.165, 1.54) is 0 Å². The van der Waals surface area contributed by atoms with Gasteiger partial charge in [-0.05, 0) is 32.6 Å². The number of carbonyl (C=O) groups excluding carboxylic acids is 1. The van der Waals surface area contributed by atoms with Crippen molar-refractivity contribution < 1.29 is 19.4 Å². The molecule has 0 aromatic carbocycles. The number of aliphatic carboxylic acids is 1. The molecule has 1 rings (SSSR count). The first-order valence-electron chi connectivity index (χ1n) is 7.83. The van der Waals surface area contributed by atoms with E-state index < -0.39 is 11.5 Å². The summed E-state index contributed by atoms with van der Waals surface area (Å²) >= 11 is 0. The van der Waals surface area contributed by atoms with Crippen LogP contribution in [-0.4, -0.2) is 53.8 Å². The molecule has 2 unspecified atom stereocenters. The van der Waals surface area contributed by atoms with Crippen molar-refractivity contribution in [2.45, 2.75) is 52.0 Å². The molecule has 2 amide bonds. The van der Waals surface area contributed by atoms with Crippen LogP contribution < -0.4 is 5.32 Å². The molecule has 1 saturated carbocycles. The number of carboxylic acids is 1. The van der Waals surface area contributed by atoms with Crippen molar-refractivity contribution >= 4 is 12.0 Å². The Morgan fingerprint density at radius 2 is 2.14 bits per heavy atom. The number of rotatable bonds is 7. The predicted octanol–water partition coefficient (Wildman–Crippen LogP) is 2.09. The first-order chi connectivity index (χ1) is 9.95. The molecule has 122 valence electrons. The highest BCUT2D eigenvalue weighted by atomic mass is 16.5. The minimum absolute atomic E-state index is 0.311. The van der Waals surface area contributed by atoms with Crippen LogP contribution in [-0.2, 0) is 9.53 Å². The lowest BCUT2D eigenvalue weighted by molar-refractivity contribution is -0.146. The number of likely N-dealkylation sites (N-methyl/N-ethyl adjacent to an activating group) is 1. The van der Waals surface area contributed by atoms with E-state index in [1.807, 2.05) is 20.8 Å². The molecule has 0 saturated heterocycles. The molecule has 0 aliphatic heterocycles. The van der Waals surface area contributed by atoms with Crippen LogP contribution in [0.15, 0.2) is 0 Å². The van der Waals surface area contributed by atoms with Crippen LogP contribution >= 0.6 is 0 Å². The highest BCUT2D eigenvalue weighted by molar-refractivity contribution is 5.86. The second-order valence-corrected chi connectivity index (χ2v) is 5.80. The van der Waals surface area contributed by atoms with E-state index >= 15 is 0 Å². The molecule has 0 bridgehead atoms. The average molecular weight is 300 g/mol. The molecule has 0 heterocycles. The minimum atomic E-state index is -1.12. The summed E-state index contributed by atoms with van der Waals surface area (Å²) in [6.45, 7) is 7.90. The third kappa shape index (κ3) is 4.88. The van der Waals surface area contributed by atoms with Crippen molar-refractivity contribution in [1.29, 1.82) is 0 Å². The Bertz CT molecular complexity index is 362. The van der Waals surface area contributed by atoms with E-state index in [1.54, 1.807) is 4.90 Å². The third-order valence-corrected chi connectivity index (χ3v) is 4.13. The second-order valence-electron chi connectivity index (χ2n) is 5.80. The maximum atomic E-state index is 12.3. The SMILES string of the molecule is CCOCCN(CC)C(=O)NC1(C(=O)O)CCCC(C)C1. The second kappa shape index (κ2) is 8.22. The highest BCUT2D eigenvalue weighted by Gasteiger charge is 2.43. The van der Waals surface area contributed by atoms with Gasteiger partial charge in [-0.25, -0.2) is 9.59 Å². The van der Waals surface area contributed by atoms with Gasteiger partial charge >= 0.3 is 12.0 Å². The first kappa shape index (κ1) is 17.8. The van der Waals surface area contributed by atoms with E-state index in [0.717, 1.165) is 12.8 Å². The van der Waals surface area contributed by atoms with Crippen LogP contribution in [0.2, 0.25) is 0 Å². The van der Waals surface area contributed by atoms with Crippen LogP contribution in [0, 0.1) is 5.92 Å². The summed E-state index contributed by atoms with van der Waals surface area (Å²) < 4.78 is 5.26. The molecule has 1 fully saturated rings. The molecular weight excluding hydrogens is 272 g/mol. The molecule has 0 aromatic heterocycles. The molecule has 1 aliphatic carbocycles. The van der Waals surface area contributed by atoms with Crippen molar-refractivity contribution in [2.24, 2.45) is 5.92 Å². The Morgan fingerprint density at radius 1 is 1.43 bits per heavy atom. The Kier molecular flexibility index (Phi) is 6.95. The number of hydrogen-bond donors (Lipinski definition) is 2. The predicted molar refractivity (Wildman–Crippen MR) is 80.3 cm³/mol. The van der Waals surface area contributed by atoms with Gasteiger partial charge in [0, 0.05) is 19.7 Å². The van der Waals surface area contributed by atoms with Crippen LogP contribution in [0.4, 0.5) is 4.79 Å². The summed E-state index contributed by atoms with van der Waals surface area (Å²) in [7, 11) is 0. The fourth-order valence-corrected chi connectivity index (χ4v) is 2.92. The molecule has 0 aromatic rings. The zero-order valence-electron chi connectivity index (χ0n) is 13.4. The number of carboxylic acid groups (broad SMARTS) is 1. The lowest BCUT2D eigenvalue weighted by Crippen LogP contribution is -2.59. The molecule has 0 radical (unpaired) electrons. The summed E-state index contributed by atoms with van der Waals surface area (Å²) in [4.78, 5) is 25.6. The standard InChI is InChI=1S/C15H28N2O4/c1-4-17(9-10-21-5-2)14(20)16-15(13(18)19)8-6-7-12(3)11-15/h12H,4-11H2,1-3H3,(H,16,20)(H,18,19). The maximum absolute atomic E-state index is 12.3. The number of carbonyl (C=O) groups is 2. The van der Waals surface area contributed by atoms with Gasteiger partial charge in [0.25, 0.3) is 0 Å². The Hall–Kier alpha value is -1.30. The lowest BCUT2D eigenvalue weighted by Gasteiger charge is -2.38. The van der Waals surface area contributed by atoms with E-state index in [4.69, 9.17) is 4.74 Å². The molecule has 1 aliphatic rings. The van der Waals surface area contributed by atoms with E-state index in [9.17, 15) is 14.7 Å². The molecule has 6 nitrogen and oxygen atoms in total. The van der Waals surface area contributed by atoms with Gasteiger partial charge in [-0.15, -0.1) is 0 Å². The monoisotopic (exact) mass is 300 g/mol. The van der Waals surface area contributed by atoms with Crippen molar-refractivity contribution in [3.8, 4) is 0 Å². The summed E-state index contributed by atoms with van der Waals surface area (Å²) in [6, 6.07) is -0.311. The van der Waals surface area contributed by atoms with Crippen LogP contribution in [0.5, 0.6) is 0 Å². The van der Waals surface area contributed by atoms with Crippen LogP contribution in [0.25, 0.3) is 0 Å². The quantitative estimate of drug-likeness (QED) is 0.706. The number of hydrogen-bond acceptors (Lipinski definition) is 3. The number of amides is 2. The number of nitrogens with zero attached hydrogens (tertiary/aromatic N) is 1. The normalized spacial score (nSPS) is 25.4. The Balaban J connectivity index is 2.69. The summed E-state index contributed by atoms with van der Waals surface area (Å²) in [5.74, 6) is -0.614. The van der Waals surface area contributed by atoms with Crippen LogP contribution in [0.3, 0.4) is 0 Å². The van der Waals surface area contributed by atoms with Gasteiger partial charge in [0.15, 0.2) is 0 Å². The third-order valence-electron chi connectivity index (χ3n) is 4.13. The van der Waals surface area contributed by atoms with E-state index in [-0.39, 0.29) is 6.03 Å². The first-order valence-corrected chi connectivity index (χ1v) is 7.83. The molecule has 2 atom stereocenters. The van der Waals surface area contributed by atoms with Gasteiger partial charge in [0.1, 0.15) is 5.54 Å². The summed E-state index contributed by atoms with van der Waals surface area (Å²) in [6.07, 6.45) is 2.85. The van der Waals surface area contributed by atoms with Crippen molar-refractivity contribution in [1.82, 2.24) is 10.2 Å². The zero-order valence-corrected chi connectivity index (χ0v) is 13.4. The number of ether oxygens (including phenoxy) is 1. The fourth-order valence-electron chi connectivity index (χ4n) is 2.92. The molecule has 21 heavy (non-hydrogen) atoms. The largest absolute Gasteiger partial charge is 0.480 e. The molecular formula is C15H28N2O4. The molecule has 0 spiro atoms. The van der Waals surface area contributed by atoms with Gasteiger partial charge in [-0.2, -0.15) is 0 Å². The fraction of sp³-hybridized carbons (Fsp3) is 0.867. The number of nitrogens with one attached hydrogen (secondary N) is 1. The Morgan fingerprint density at radius 3 is 2.67 bits per heavy atom. The maximum Gasteiger partial charge on any atom is 0.329 e. The summed E-state index contributed by atoms with van der Waals surface area (Å²) in [5.41, 5.74) is -1.12. The van der Waals surface area contributed by atoms with E-state index in [0.29, 0.717) is 45.1 Å². The van der Waals surface area contributed by atoms with Gasteiger partial charge in [0.2, 0.25) is 0 Å². The van der Waals surface area contributed by atoms with Gasteiger partial charge in [0.05, 0.1) is 6.61 Å². The minimum Gasteiger partial charge on any atom is -0.480 e. The summed E-state index contributed by atoms with van der Waals surface area (Å²) in [5, 5.41) is 12.3. The Labute approximate surface area is 126 Å². The lowest BCUT2D eigenvalue weighted by atomic mass is 9.76. The van der Waals surface area contributed by atoms with Crippen molar-refractivity contribution in [3.05, 3.63) is 0 Å². The molecule has 2 N–H and O–H groups in total. The van der Waals surface area contributed by atoms with E-state index in [2.05, 4.69) is 5.32 Å². The number of urea groups is 1. The average Bonchev–Trinajstić information content (AvgIpc) is 2.43. The van der Waals surface area contributed by atoms with Gasteiger partial charge in [-0.3, -0.25) is 0 Å². The van der Waals surface area contributed by atoms with Gasteiger partial charge < -0.3 is 20.1 Å². The van der Waals surface area contributed by atoms with Crippen molar-refractivity contribution in [3.63, 3.8) is 0 Å². The topological polar surface area (TPSA) is 78.9 Å². The van der Waals surface area contributed by atoms with Gasteiger partial charge in [-0.1, -0.05) is 19.8 Å².